The van der Waals surface area contributed by atoms with E-state index in [0.29, 0.717) is 14.9 Å². The molecule has 0 bridgehead atoms. The average molecular weight is 386 g/mol. The third-order valence-corrected chi connectivity index (χ3v) is 3.43. The van der Waals surface area contributed by atoms with Gasteiger partial charge in [-0.3, -0.25) is 0 Å². The van der Waals surface area contributed by atoms with E-state index in [1.807, 2.05) is 28.7 Å². The van der Waals surface area contributed by atoms with Gasteiger partial charge in [0.05, 0.1) is 26.5 Å². The first-order valence-corrected chi connectivity index (χ1v) is 6.65. The summed E-state index contributed by atoms with van der Waals surface area (Å²) >= 11 is 1.95. The Labute approximate surface area is 128 Å². The maximum absolute atomic E-state index is 13.5. The molecule has 0 atom stereocenters. The van der Waals surface area contributed by atoms with Gasteiger partial charge in [0.25, 0.3) is 0 Å². The minimum Gasteiger partial charge on any atom is -0.485 e. The minimum atomic E-state index is -0.674. The van der Waals surface area contributed by atoms with Gasteiger partial charge in [0, 0.05) is 0 Å². The zero-order chi connectivity index (χ0) is 14.7. The summed E-state index contributed by atoms with van der Waals surface area (Å²) in [5.41, 5.74) is 6.26. The number of hydrogen-bond donors (Lipinski definition) is 1. The molecular formula is C14H9F2IN2O. The van der Waals surface area contributed by atoms with Crippen LogP contribution in [0.3, 0.4) is 0 Å². The van der Waals surface area contributed by atoms with E-state index >= 15 is 0 Å². The van der Waals surface area contributed by atoms with E-state index in [-0.39, 0.29) is 17.9 Å². The number of halogens is 3. The third kappa shape index (κ3) is 2.99. The van der Waals surface area contributed by atoms with Gasteiger partial charge >= 0.3 is 0 Å². The lowest BCUT2D eigenvalue weighted by atomic mass is 10.2. The van der Waals surface area contributed by atoms with Crippen molar-refractivity contribution in [2.45, 2.75) is 6.61 Å². The molecule has 2 aromatic rings. The minimum absolute atomic E-state index is 0.160. The van der Waals surface area contributed by atoms with Gasteiger partial charge < -0.3 is 10.5 Å². The Morgan fingerprint density at radius 3 is 2.45 bits per heavy atom. The van der Waals surface area contributed by atoms with Crippen LogP contribution in [0, 0.1) is 26.5 Å². The monoisotopic (exact) mass is 386 g/mol. The number of nitrogens with zero attached hydrogens (tertiary/aromatic N) is 1. The van der Waals surface area contributed by atoms with E-state index < -0.39 is 11.6 Å². The molecule has 3 nitrogen and oxygen atoms in total. The molecule has 0 spiro atoms. The van der Waals surface area contributed by atoms with Gasteiger partial charge in [-0.2, -0.15) is 5.26 Å². The van der Waals surface area contributed by atoms with E-state index in [0.717, 1.165) is 12.1 Å². The summed E-state index contributed by atoms with van der Waals surface area (Å²) in [5, 5.41) is 8.81. The molecule has 0 unspecified atom stereocenters. The van der Waals surface area contributed by atoms with Crippen LogP contribution in [-0.4, -0.2) is 0 Å². The van der Waals surface area contributed by atoms with E-state index in [9.17, 15) is 8.78 Å². The predicted molar refractivity (Wildman–Crippen MR) is 79.0 cm³/mol. The molecule has 6 heteroatoms. The second kappa shape index (κ2) is 6.05. The molecule has 0 fully saturated rings. The van der Waals surface area contributed by atoms with Crippen LogP contribution in [0.2, 0.25) is 0 Å². The number of hydrogen-bond acceptors (Lipinski definition) is 3. The molecule has 0 aliphatic rings. The molecule has 0 radical (unpaired) electrons. The van der Waals surface area contributed by atoms with Crippen LogP contribution in [0.25, 0.3) is 0 Å². The lowest BCUT2D eigenvalue weighted by molar-refractivity contribution is 0.292. The molecule has 0 amide bonds. The number of rotatable bonds is 3. The summed E-state index contributed by atoms with van der Waals surface area (Å²) in [7, 11) is 0. The molecule has 0 aliphatic heterocycles. The van der Waals surface area contributed by atoms with Crippen LogP contribution in [-0.2, 0) is 6.61 Å². The van der Waals surface area contributed by atoms with Crippen molar-refractivity contribution in [3.05, 3.63) is 56.7 Å². The molecule has 0 saturated heterocycles. The maximum atomic E-state index is 13.5. The molecule has 0 saturated carbocycles. The van der Waals surface area contributed by atoms with Crippen molar-refractivity contribution in [2.24, 2.45) is 0 Å². The van der Waals surface area contributed by atoms with Gasteiger partial charge in [-0.05, 0) is 46.9 Å². The summed E-state index contributed by atoms with van der Waals surface area (Å²) in [5.74, 6) is -1.04. The van der Waals surface area contributed by atoms with Crippen molar-refractivity contribution in [2.75, 3.05) is 5.73 Å². The smallest absolute Gasteiger partial charge is 0.156 e. The van der Waals surface area contributed by atoms with Crippen LogP contribution in [0.5, 0.6) is 5.75 Å². The van der Waals surface area contributed by atoms with Crippen LogP contribution >= 0.6 is 22.6 Å². The van der Waals surface area contributed by atoms with Crippen molar-refractivity contribution in [1.29, 1.82) is 5.26 Å². The van der Waals surface area contributed by atoms with Crippen LogP contribution in [0.1, 0.15) is 11.1 Å². The Bertz CT molecular complexity index is 655. The maximum Gasteiger partial charge on any atom is 0.156 e. The van der Waals surface area contributed by atoms with Crippen molar-refractivity contribution in [3.63, 3.8) is 0 Å². The predicted octanol–water partition coefficient (Wildman–Crippen LogP) is 3.60. The highest BCUT2D eigenvalue weighted by atomic mass is 127. The van der Waals surface area contributed by atoms with Gasteiger partial charge in [-0.1, -0.05) is 6.07 Å². The number of nitrogens with two attached hydrogens (primary N) is 1. The molecule has 0 heterocycles. The lowest BCUT2D eigenvalue weighted by Crippen LogP contribution is -2.05. The molecule has 2 rings (SSSR count). The number of benzene rings is 2. The van der Waals surface area contributed by atoms with Crippen molar-refractivity contribution in [1.82, 2.24) is 0 Å². The van der Waals surface area contributed by atoms with Crippen LogP contribution < -0.4 is 10.5 Å². The molecule has 0 aliphatic carbocycles. The molecule has 2 N–H and O–H groups in total. The van der Waals surface area contributed by atoms with Crippen molar-refractivity contribution >= 4 is 28.3 Å². The summed E-state index contributed by atoms with van der Waals surface area (Å²) in [6.07, 6.45) is 0. The standard InChI is InChI=1S/C14H9F2IN2O/c15-10-2-1-3-11(16)9(10)7-20-14-12(17)4-8(6-18)5-13(14)19/h1-5H,7,19H2. The highest BCUT2D eigenvalue weighted by Crippen LogP contribution is 2.30. The van der Waals surface area contributed by atoms with Crippen LogP contribution in [0.15, 0.2) is 30.3 Å². The fourth-order valence-electron chi connectivity index (χ4n) is 1.65. The highest BCUT2D eigenvalue weighted by Gasteiger charge is 2.13. The molecular weight excluding hydrogens is 377 g/mol. The third-order valence-electron chi connectivity index (χ3n) is 2.62. The van der Waals surface area contributed by atoms with Crippen molar-refractivity contribution < 1.29 is 13.5 Å². The summed E-state index contributed by atoms with van der Waals surface area (Å²) < 4.78 is 33.0. The Balaban J connectivity index is 2.26. The highest BCUT2D eigenvalue weighted by molar-refractivity contribution is 14.1. The van der Waals surface area contributed by atoms with E-state index in [4.69, 9.17) is 15.7 Å². The fourth-order valence-corrected chi connectivity index (χ4v) is 2.45. The first kappa shape index (κ1) is 14.5. The lowest BCUT2D eigenvalue weighted by Gasteiger charge is -2.12. The molecule has 0 aromatic heterocycles. The summed E-state index contributed by atoms with van der Waals surface area (Å²) in [4.78, 5) is 0. The quantitative estimate of drug-likeness (QED) is 0.648. The van der Waals surface area contributed by atoms with Gasteiger partial charge in [0.2, 0.25) is 0 Å². The first-order chi connectivity index (χ1) is 9.52. The van der Waals surface area contributed by atoms with Crippen molar-refractivity contribution in [3.8, 4) is 11.8 Å². The van der Waals surface area contributed by atoms with Gasteiger partial charge in [0.1, 0.15) is 18.2 Å². The molecule has 102 valence electrons. The zero-order valence-electron chi connectivity index (χ0n) is 10.2. The Hall–Kier alpha value is -1.88. The van der Waals surface area contributed by atoms with Gasteiger partial charge in [-0.15, -0.1) is 0 Å². The Morgan fingerprint density at radius 1 is 1.25 bits per heavy atom. The van der Waals surface area contributed by atoms with E-state index in [1.54, 1.807) is 6.07 Å². The first-order valence-electron chi connectivity index (χ1n) is 5.57. The molecule has 20 heavy (non-hydrogen) atoms. The topological polar surface area (TPSA) is 59.0 Å². The second-order valence-corrected chi connectivity index (χ2v) is 5.14. The van der Waals surface area contributed by atoms with Gasteiger partial charge in [0.15, 0.2) is 5.75 Å². The average Bonchev–Trinajstić information content (AvgIpc) is 2.40. The number of nitriles is 1. The van der Waals surface area contributed by atoms with Crippen LogP contribution in [0.4, 0.5) is 14.5 Å². The zero-order valence-corrected chi connectivity index (χ0v) is 12.3. The molecule has 2 aromatic carbocycles. The normalized spacial score (nSPS) is 10.1. The SMILES string of the molecule is N#Cc1cc(N)c(OCc2c(F)cccc2F)c(I)c1. The van der Waals surface area contributed by atoms with Gasteiger partial charge in [-0.25, -0.2) is 8.78 Å². The summed E-state index contributed by atoms with van der Waals surface area (Å²) in [6.45, 7) is -0.273. The number of anilines is 1. The van der Waals surface area contributed by atoms with E-state index in [2.05, 4.69) is 0 Å². The number of nitrogen functional groups attached to an aromatic ring is 1. The Morgan fingerprint density at radius 2 is 1.90 bits per heavy atom. The second-order valence-electron chi connectivity index (χ2n) is 3.98. The fraction of sp³-hybridized carbons (Fsp3) is 0.0714. The number of ether oxygens (including phenoxy) is 1. The Kier molecular flexibility index (Phi) is 4.39. The largest absolute Gasteiger partial charge is 0.485 e. The summed E-state index contributed by atoms with van der Waals surface area (Å²) in [6, 6.07) is 8.62. The van der Waals surface area contributed by atoms with E-state index in [1.165, 1.54) is 12.1 Å².